The van der Waals surface area contributed by atoms with Crippen molar-refractivity contribution in [2.45, 2.75) is 45.1 Å². The zero-order chi connectivity index (χ0) is 19.8. The van der Waals surface area contributed by atoms with Gasteiger partial charge in [-0.3, -0.25) is 4.90 Å². The van der Waals surface area contributed by atoms with Crippen LogP contribution in [0.4, 0.5) is 0 Å². The van der Waals surface area contributed by atoms with E-state index in [9.17, 15) is 14.4 Å². The standard InChI is InChI=1S/C20H24N4O3S/c1-3-9-22-18(25)23(10-4-2)20(27)24(19(22)26)13-21-11-7-16-15(8-12-28-16)17(21)14-5-6-14/h3-4,8,12,14,17H,1-2,5-7,9-11,13H2/t17-/m1/s1. The minimum atomic E-state index is -0.622. The van der Waals surface area contributed by atoms with Crippen molar-refractivity contribution < 1.29 is 0 Å². The molecular weight excluding hydrogens is 376 g/mol. The molecule has 8 heteroatoms. The van der Waals surface area contributed by atoms with Crippen molar-refractivity contribution in [2.75, 3.05) is 6.54 Å². The molecule has 0 saturated heterocycles. The average molecular weight is 401 g/mol. The summed E-state index contributed by atoms with van der Waals surface area (Å²) in [6, 6.07) is 2.40. The van der Waals surface area contributed by atoms with Gasteiger partial charge >= 0.3 is 17.1 Å². The highest BCUT2D eigenvalue weighted by Gasteiger charge is 2.40. The minimum Gasteiger partial charge on any atom is -0.278 e. The van der Waals surface area contributed by atoms with Gasteiger partial charge in [-0.15, -0.1) is 24.5 Å². The van der Waals surface area contributed by atoms with Gasteiger partial charge in [-0.25, -0.2) is 28.1 Å². The second kappa shape index (κ2) is 7.52. The first-order valence-electron chi connectivity index (χ1n) is 9.53. The van der Waals surface area contributed by atoms with E-state index in [0.717, 1.165) is 22.1 Å². The summed E-state index contributed by atoms with van der Waals surface area (Å²) in [6.45, 7) is 8.35. The van der Waals surface area contributed by atoms with Crippen LogP contribution in [0.15, 0.2) is 51.1 Å². The van der Waals surface area contributed by atoms with Gasteiger partial charge in [-0.05, 0) is 42.2 Å². The summed E-state index contributed by atoms with van der Waals surface area (Å²) in [6.07, 6.45) is 6.23. The van der Waals surface area contributed by atoms with Gasteiger partial charge in [0.25, 0.3) is 0 Å². The van der Waals surface area contributed by atoms with Crippen LogP contribution in [0.25, 0.3) is 0 Å². The molecule has 0 aromatic carbocycles. The molecule has 3 heterocycles. The quantitative estimate of drug-likeness (QED) is 0.662. The first-order valence-corrected chi connectivity index (χ1v) is 10.4. The van der Waals surface area contributed by atoms with Gasteiger partial charge in [0.15, 0.2) is 0 Å². The maximum atomic E-state index is 12.9. The zero-order valence-corrected chi connectivity index (χ0v) is 16.6. The Balaban J connectivity index is 1.78. The van der Waals surface area contributed by atoms with Gasteiger partial charge in [-0.2, -0.15) is 0 Å². The SMILES string of the molecule is C=CCn1c(=O)n(CC=C)c(=O)n(CN2CCc3sccc3[C@H]2C2CC2)c1=O. The maximum Gasteiger partial charge on any atom is 0.337 e. The number of hydrogen-bond acceptors (Lipinski definition) is 5. The summed E-state index contributed by atoms with van der Waals surface area (Å²) in [5, 5.41) is 2.12. The Kier molecular flexibility index (Phi) is 5.07. The summed E-state index contributed by atoms with van der Waals surface area (Å²) >= 11 is 1.78. The van der Waals surface area contributed by atoms with E-state index in [1.54, 1.807) is 11.3 Å². The first-order chi connectivity index (χ1) is 13.6. The highest BCUT2D eigenvalue weighted by atomic mass is 32.1. The molecule has 1 atom stereocenters. The lowest BCUT2D eigenvalue weighted by Crippen LogP contribution is -2.56. The van der Waals surface area contributed by atoms with Crippen molar-refractivity contribution in [1.82, 2.24) is 18.6 Å². The fourth-order valence-corrected chi connectivity index (χ4v) is 4.99. The van der Waals surface area contributed by atoms with Gasteiger partial charge in [0.1, 0.15) is 0 Å². The summed E-state index contributed by atoms with van der Waals surface area (Å²) < 4.78 is 3.30. The Morgan fingerprint density at radius 2 is 1.61 bits per heavy atom. The molecule has 0 unspecified atom stereocenters. The molecule has 7 nitrogen and oxygen atoms in total. The van der Waals surface area contributed by atoms with E-state index in [1.807, 2.05) is 0 Å². The molecule has 28 heavy (non-hydrogen) atoms. The molecule has 0 spiro atoms. The van der Waals surface area contributed by atoms with E-state index in [4.69, 9.17) is 0 Å². The van der Waals surface area contributed by atoms with E-state index in [1.165, 1.54) is 40.0 Å². The average Bonchev–Trinajstić information content (AvgIpc) is 3.41. The van der Waals surface area contributed by atoms with E-state index < -0.39 is 17.1 Å². The van der Waals surface area contributed by atoms with Crippen molar-refractivity contribution in [3.05, 3.63) is 78.6 Å². The molecular formula is C20H24N4O3S. The predicted molar refractivity (Wildman–Crippen MR) is 110 cm³/mol. The Morgan fingerprint density at radius 3 is 2.18 bits per heavy atom. The third-order valence-electron chi connectivity index (χ3n) is 5.52. The Labute approximate surface area is 166 Å². The normalized spacial score (nSPS) is 19.4. The summed E-state index contributed by atoms with van der Waals surface area (Å²) in [4.78, 5) is 42.0. The molecule has 1 fully saturated rings. The van der Waals surface area contributed by atoms with E-state index in [-0.39, 0.29) is 25.8 Å². The fraction of sp³-hybridized carbons (Fsp3) is 0.450. The molecule has 1 saturated carbocycles. The first kappa shape index (κ1) is 18.9. The van der Waals surface area contributed by atoms with Gasteiger partial charge in [0.2, 0.25) is 0 Å². The molecule has 0 bridgehead atoms. The van der Waals surface area contributed by atoms with Crippen molar-refractivity contribution in [2.24, 2.45) is 5.92 Å². The second-order valence-corrected chi connectivity index (χ2v) is 8.36. The highest BCUT2D eigenvalue weighted by Crippen LogP contribution is 2.48. The van der Waals surface area contributed by atoms with Crippen molar-refractivity contribution in [1.29, 1.82) is 0 Å². The molecule has 0 amide bonds. The lowest BCUT2D eigenvalue weighted by Gasteiger charge is -2.36. The van der Waals surface area contributed by atoms with Crippen LogP contribution in [0, 0.1) is 5.92 Å². The fourth-order valence-electron chi connectivity index (χ4n) is 4.08. The van der Waals surface area contributed by atoms with E-state index >= 15 is 0 Å². The van der Waals surface area contributed by atoms with Crippen molar-refractivity contribution in [3.63, 3.8) is 0 Å². The Morgan fingerprint density at radius 1 is 1.00 bits per heavy atom. The summed E-state index contributed by atoms with van der Waals surface area (Å²) in [7, 11) is 0. The molecule has 0 radical (unpaired) electrons. The van der Waals surface area contributed by atoms with E-state index in [2.05, 4.69) is 29.5 Å². The maximum absolute atomic E-state index is 12.9. The molecule has 1 aliphatic heterocycles. The molecule has 2 aromatic rings. The van der Waals surface area contributed by atoms with Crippen LogP contribution < -0.4 is 17.1 Å². The summed E-state index contributed by atoms with van der Waals surface area (Å²) in [5.41, 5.74) is -0.456. The van der Waals surface area contributed by atoms with Gasteiger partial charge in [0.05, 0.1) is 19.8 Å². The van der Waals surface area contributed by atoms with Crippen molar-refractivity contribution in [3.8, 4) is 0 Å². The largest absolute Gasteiger partial charge is 0.337 e. The molecule has 2 aliphatic rings. The van der Waals surface area contributed by atoms with E-state index in [0.29, 0.717) is 5.92 Å². The summed E-state index contributed by atoms with van der Waals surface area (Å²) in [5.74, 6) is 0.568. The number of hydrogen-bond donors (Lipinski definition) is 0. The Bertz CT molecular complexity index is 1040. The van der Waals surface area contributed by atoms with Crippen LogP contribution in [0.1, 0.15) is 29.3 Å². The van der Waals surface area contributed by atoms with Crippen LogP contribution in [-0.4, -0.2) is 25.1 Å². The molecule has 148 valence electrons. The zero-order valence-electron chi connectivity index (χ0n) is 15.7. The predicted octanol–water partition coefficient (Wildman–Crippen LogP) is 1.57. The smallest absolute Gasteiger partial charge is 0.278 e. The Hall–Kier alpha value is -2.45. The lowest BCUT2D eigenvalue weighted by molar-refractivity contribution is 0.117. The number of fused-ring (bicyclic) bond motifs is 1. The topological polar surface area (TPSA) is 69.2 Å². The molecule has 4 rings (SSSR count). The number of nitrogens with zero attached hydrogens (tertiary/aromatic N) is 4. The number of rotatable bonds is 7. The van der Waals surface area contributed by atoms with Crippen LogP contribution in [0.3, 0.4) is 0 Å². The third kappa shape index (κ3) is 3.16. The number of allylic oxidation sites excluding steroid dienone is 2. The van der Waals surface area contributed by atoms with Crippen LogP contribution in [0.2, 0.25) is 0 Å². The molecule has 2 aromatic heterocycles. The number of thiophene rings is 1. The van der Waals surface area contributed by atoms with Crippen LogP contribution in [0.5, 0.6) is 0 Å². The minimum absolute atomic E-state index is 0.0653. The lowest BCUT2D eigenvalue weighted by atomic mass is 9.96. The van der Waals surface area contributed by atoms with Gasteiger partial charge in [-0.1, -0.05) is 12.2 Å². The van der Waals surface area contributed by atoms with Crippen molar-refractivity contribution >= 4 is 11.3 Å². The highest BCUT2D eigenvalue weighted by molar-refractivity contribution is 7.10. The second-order valence-electron chi connectivity index (χ2n) is 7.36. The monoisotopic (exact) mass is 400 g/mol. The van der Waals surface area contributed by atoms with Crippen LogP contribution in [-0.2, 0) is 26.2 Å². The van der Waals surface area contributed by atoms with Gasteiger partial charge < -0.3 is 0 Å². The van der Waals surface area contributed by atoms with Gasteiger partial charge in [0, 0.05) is 17.5 Å². The molecule has 0 N–H and O–H groups in total. The number of aromatic nitrogens is 3. The van der Waals surface area contributed by atoms with Crippen LogP contribution >= 0.6 is 11.3 Å². The third-order valence-corrected chi connectivity index (χ3v) is 6.51. The molecule has 1 aliphatic carbocycles.